The van der Waals surface area contributed by atoms with Gasteiger partial charge in [0.15, 0.2) is 0 Å². The van der Waals surface area contributed by atoms with E-state index in [4.69, 9.17) is 4.74 Å². The molecule has 0 spiro atoms. The predicted molar refractivity (Wildman–Crippen MR) is 127 cm³/mol. The molecule has 0 aromatic heterocycles. The van der Waals surface area contributed by atoms with Crippen molar-refractivity contribution in [2.75, 3.05) is 42.6 Å². The molecule has 3 heterocycles. The van der Waals surface area contributed by atoms with Gasteiger partial charge in [0, 0.05) is 50.6 Å². The van der Waals surface area contributed by atoms with Crippen molar-refractivity contribution in [3.8, 4) is 6.07 Å². The SMILES string of the molecule is N#Cc1ccccc1N1CCN2c3ccc([N+](=O)[O-])cc3C[C@H](C(=O)NC[C@H]3CCCO3)[C@@H]2C1. The van der Waals surface area contributed by atoms with Gasteiger partial charge in [-0.05, 0) is 43.0 Å². The molecule has 0 saturated carbocycles. The molecule has 1 amide bonds. The number of nitrogens with one attached hydrogen (secondary N) is 1. The molecule has 5 rings (SSSR count). The van der Waals surface area contributed by atoms with E-state index in [9.17, 15) is 20.2 Å². The first-order valence-electron chi connectivity index (χ1n) is 11.7. The van der Waals surface area contributed by atoms with E-state index in [0.717, 1.165) is 36.4 Å². The Balaban J connectivity index is 1.44. The molecule has 34 heavy (non-hydrogen) atoms. The Labute approximate surface area is 198 Å². The normalized spacial score (nSPS) is 23.6. The standard InChI is InChI=1S/C25H27N5O4/c26-14-17-4-1-2-6-22(17)28-9-10-29-23-8-7-19(30(32)33)12-18(23)13-21(24(29)16-28)25(31)27-15-20-5-3-11-34-20/h1-2,4,6-8,12,20-21,24H,3,5,9-11,13,15-16H2,(H,27,31)/t20-,21+,24+/m1/s1. The van der Waals surface area contributed by atoms with Crippen molar-refractivity contribution in [3.63, 3.8) is 0 Å². The molecule has 2 aromatic carbocycles. The molecule has 0 radical (unpaired) electrons. The van der Waals surface area contributed by atoms with Crippen molar-refractivity contribution in [1.29, 1.82) is 5.26 Å². The van der Waals surface area contributed by atoms with Crippen LogP contribution in [0.25, 0.3) is 0 Å². The highest BCUT2D eigenvalue weighted by Gasteiger charge is 2.42. The van der Waals surface area contributed by atoms with Crippen LogP contribution in [0.5, 0.6) is 0 Å². The number of nitriles is 1. The molecule has 3 aliphatic heterocycles. The first-order valence-corrected chi connectivity index (χ1v) is 11.7. The summed E-state index contributed by atoms with van der Waals surface area (Å²) in [6.07, 6.45) is 2.42. The topological polar surface area (TPSA) is 112 Å². The average Bonchev–Trinajstić information content (AvgIpc) is 3.39. The number of nitrogens with zero attached hydrogens (tertiary/aromatic N) is 4. The van der Waals surface area contributed by atoms with E-state index < -0.39 is 4.92 Å². The minimum Gasteiger partial charge on any atom is -0.376 e. The highest BCUT2D eigenvalue weighted by molar-refractivity contribution is 5.82. The minimum atomic E-state index is -0.393. The molecular formula is C25H27N5O4. The Morgan fingerprint density at radius 2 is 2.09 bits per heavy atom. The fourth-order valence-electron chi connectivity index (χ4n) is 5.44. The van der Waals surface area contributed by atoms with Crippen molar-refractivity contribution >= 4 is 23.0 Å². The van der Waals surface area contributed by atoms with Crippen LogP contribution in [-0.4, -0.2) is 55.8 Å². The molecule has 2 aromatic rings. The van der Waals surface area contributed by atoms with Crippen LogP contribution in [0.15, 0.2) is 42.5 Å². The number of piperazine rings is 1. The number of nitro groups is 1. The highest BCUT2D eigenvalue weighted by atomic mass is 16.6. The number of ether oxygens (including phenoxy) is 1. The summed E-state index contributed by atoms with van der Waals surface area (Å²) in [4.78, 5) is 28.8. The summed E-state index contributed by atoms with van der Waals surface area (Å²) >= 11 is 0. The van der Waals surface area contributed by atoms with Crippen molar-refractivity contribution in [1.82, 2.24) is 5.32 Å². The summed E-state index contributed by atoms with van der Waals surface area (Å²) in [5, 5.41) is 24.0. The van der Waals surface area contributed by atoms with Crippen molar-refractivity contribution in [3.05, 3.63) is 63.7 Å². The van der Waals surface area contributed by atoms with E-state index in [1.165, 1.54) is 6.07 Å². The Morgan fingerprint density at radius 3 is 2.85 bits per heavy atom. The zero-order chi connectivity index (χ0) is 23.7. The maximum absolute atomic E-state index is 13.4. The van der Waals surface area contributed by atoms with Crippen molar-refractivity contribution < 1.29 is 14.5 Å². The van der Waals surface area contributed by atoms with Gasteiger partial charge in [-0.2, -0.15) is 5.26 Å². The van der Waals surface area contributed by atoms with Crippen LogP contribution in [0.4, 0.5) is 17.1 Å². The van der Waals surface area contributed by atoms with Crippen LogP contribution < -0.4 is 15.1 Å². The van der Waals surface area contributed by atoms with Gasteiger partial charge in [-0.15, -0.1) is 0 Å². The Hall–Kier alpha value is -3.64. The van der Waals surface area contributed by atoms with Crippen LogP contribution in [-0.2, 0) is 16.0 Å². The minimum absolute atomic E-state index is 0.0392. The number of hydrogen-bond donors (Lipinski definition) is 1. The summed E-state index contributed by atoms with van der Waals surface area (Å²) in [5.74, 6) is -0.425. The van der Waals surface area contributed by atoms with E-state index in [1.807, 2.05) is 24.3 Å². The zero-order valence-corrected chi connectivity index (χ0v) is 18.9. The van der Waals surface area contributed by atoms with E-state index in [2.05, 4.69) is 21.2 Å². The second kappa shape index (κ2) is 9.31. The monoisotopic (exact) mass is 461 g/mol. The maximum atomic E-state index is 13.4. The van der Waals surface area contributed by atoms with Crippen LogP contribution in [0.3, 0.4) is 0 Å². The number of fused-ring (bicyclic) bond motifs is 3. The first-order chi connectivity index (χ1) is 16.5. The van der Waals surface area contributed by atoms with Crippen LogP contribution in [0, 0.1) is 27.4 Å². The average molecular weight is 462 g/mol. The number of non-ortho nitro benzene ring substituents is 1. The third-order valence-corrected chi connectivity index (χ3v) is 7.14. The number of rotatable bonds is 5. The summed E-state index contributed by atoms with van der Waals surface area (Å²) in [6.45, 7) is 3.14. The Bertz CT molecular complexity index is 1140. The highest BCUT2D eigenvalue weighted by Crippen LogP contribution is 2.39. The van der Waals surface area contributed by atoms with Crippen molar-refractivity contribution in [2.24, 2.45) is 5.92 Å². The molecule has 1 N–H and O–H groups in total. The van der Waals surface area contributed by atoms with E-state index in [1.54, 1.807) is 12.1 Å². The molecule has 0 bridgehead atoms. The van der Waals surface area contributed by atoms with Gasteiger partial charge in [-0.1, -0.05) is 12.1 Å². The first kappa shape index (κ1) is 22.2. The summed E-state index contributed by atoms with van der Waals surface area (Å²) in [6, 6.07) is 14.6. The molecule has 3 aliphatic rings. The molecule has 9 nitrogen and oxygen atoms in total. The number of nitro benzene ring substituents is 1. The van der Waals surface area contributed by atoms with Gasteiger partial charge < -0.3 is 19.9 Å². The maximum Gasteiger partial charge on any atom is 0.269 e. The van der Waals surface area contributed by atoms with E-state index in [-0.39, 0.29) is 29.7 Å². The van der Waals surface area contributed by atoms with Gasteiger partial charge in [0.1, 0.15) is 6.07 Å². The lowest BCUT2D eigenvalue weighted by Gasteiger charge is -2.49. The Kier molecular flexibility index (Phi) is 6.07. The number of benzene rings is 2. The van der Waals surface area contributed by atoms with Crippen LogP contribution in [0.2, 0.25) is 0 Å². The van der Waals surface area contributed by atoms with Gasteiger partial charge in [-0.3, -0.25) is 14.9 Å². The van der Waals surface area contributed by atoms with Gasteiger partial charge in [-0.25, -0.2) is 0 Å². The lowest BCUT2D eigenvalue weighted by molar-refractivity contribution is -0.384. The predicted octanol–water partition coefficient (Wildman–Crippen LogP) is 2.63. The van der Waals surface area contributed by atoms with Crippen LogP contribution in [0.1, 0.15) is 24.0 Å². The largest absolute Gasteiger partial charge is 0.376 e. The number of amides is 1. The molecule has 176 valence electrons. The number of carbonyl (C=O) groups excluding carboxylic acids is 1. The summed E-state index contributed by atoms with van der Waals surface area (Å²) < 4.78 is 5.66. The van der Waals surface area contributed by atoms with E-state index in [0.29, 0.717) is 38.2 Å². The molecule has 9 heteroatoms. The zero-order valence-electron chi connectivity index (χ0n) is 18.9. The summed E-state index contributed by atoms with van der Waals surface area (Å²) in [5.41, 5.74) is 3.30. The van der Waals surface area contributed by atoms with Gasteiger partial charge >= 0.3 is 0 Å². The van der Waals surface area contributed by atoms with Crippen LogP contribution >= 0.6 is 0 Å². The Morgan fingerprint density at radius 1 is 1.24 bits per heavy atom. The molecule has 2 fully saturated rings. The number of para-hydroxylation sites is 1. The number of carbonyl (C=O) groups is 1. The second-order valence-electron chi connectivity index (χ2n) is 9.10. The lowest BCUT2D eigenvalue weighted by Crippen LogP contribution is -2.61. The van der Waals surface area contributed by atoms with E-state index >= 15 is 0 Å². The van der Waals surface area contributed by atoms with Crippen molar-refractivity contribution in [2.45, 2.75) is 31.4 Å². The van der Waals surface area contributed by atoms with Gasteiger partial charge in [0.05, 0.1) is 34.2 Å². The molecule has 3 atom stereocenters. The molecular weight excluding hydrogens is 434 g/mol. The fourth-order valence-corrected chi connectivity index (χ4v) is 5.44. The fraction of sp³-hybridized carbons (Fsp3) is 0.440. The third-order valence-electron chi connectivity index (χ3n) is 7.14. The molecule has 0 aliphatic carbocycles. The molecule has 0 unspecified atom stereocenters. The second-order valence-corrected chi connectivity index (χ2v) is 9.10. The summed E-state index contributed by atoms with van der Waals surface area (Å²) in [7, 11) is 0. The number of anilines is 2. The third kappa shape index (κ3) is 4.17. The smallest absolute Gasteiger partial charge is 0.269 e. The van der Waals surface area contributed by atoms with Gasteiger partial charge in [0.25, 0.3) is 5.69 Å². The lowest BCUT2D eigenvalue weighted by atomic mass is 9.83. The quantitative estimate of drug-likeness (QED) is 0.538. The van der Waals surface area contributed by atoms with Gasteiger partial charge in [0.2, 0.25) is 5.91 Å². The number of hydrogen-bond acceptors (Lipinski definition) is 7. The molecule has 2 saturated heterocycles.